The Morgan fingerprint density at radius 3 is 2.48 bits per heavy atom. The highest BCUT2D eigenvalue weighted by molar-refractivity contribution is 6.05. The third-order valence-corrected chi connectivity index (χ3v) is 7.58. The van der Waals surface area contributed by atoms with Gasteiger partial charge in [-0.3, -0.25) is 24.5 Å². The number of piperidine rings is 2. The zero-order valence-corrected chi connectivity index (χ0v) is 21.9. The van der Waals surface area contributed by atoms with Crippen LogP contribution in [-0.4, -0.2) is 80.8 Å². The molecule has 206 valence electrons. The second kappa shape index (κ2) is 10.4. The lowest BCUT2D eigenvalue weighted by Crippen LogP contribution is -2.52. The number of likely N-dealkylation sites (tertiary alicyclic amines) is 1. The first-order valence-corrected chi connectivity index (χ1v) is 13.2. The largest absolute Gasteiger partial charge is 0.497 e. The fourth-order valence-electron chi connectivity index (χ4n) is 5.38. The monoisotopic (exact) mass is 544 g/mol. The standard InChI is InChI=1S/C28H28N6O6/c1-39-19-3-5-20(6-4-19)40-21-10-12-32(13-11-21)28(38)23-16-34(31-30-23)18-2-7-22-17(14-18)15-33(27(22)37)24-8-9-25(35)29-26(24)36/h2-7,14,16,21,24H,8-13,15H2,1H3,(H,29,35,36). The minimum Gasteiger partial charge on any atom is -0.497 e. The van der Waals surface area contributed by atoms with E-state index in [9.17, 15) is 19.2 Å². The number of fused-ring (bicyclic) bond motifs is 1. The van der Waals surface area contributed by atoms with Gasteiger partial charge in [0.2, 0.25) is 11.8 Å². The first kappa shape index (κ1) is 25.5. The molecule has 1 unspecified atom stereocenters. The van der Waals surface area contributed by atoms with Crippen molar-refractivity contribution in [3.05, 3.63) is 65.5 Å². The van der Waals surface area contributed by atoms with Gasteiger partial charge in [-0.1, -0.05) is 5.21 Å². The van der Waals surface area contributed by atoms with Gasteiger partial charge in [-0.15, -0.1) is 5.10 Å². The molecule has 2 aromatic carbocycles. The van der Waals surface area contributed by atoms with Crippen LogP contribution in [0.2, 0.25) is 0 Å². The van der Waals surface area contributed by atoms with Crippen molar-refractivity contribution >= 4 is 23.6 Å². The molecule has 0 spiro atoms. The Kier molecular flexibility index (Phi) is 6.66. The smallest absolute Gasteiger partial charge is 0.276 e. The van der Waals surface area contributed by atoms with E-state index in [0.717, 1.165) is 17.1 Å². The molecule has 12 heteroatoms. The van der Waals surface area contributed by atoms with Crippen molar-refractivity contribution in [3.63, 3.8) is 0 Å². The van der Waals surface area contributed by atoms with Crippen LogP contribution in [0.3, 0.4) is 0 Å². The van der Waals surface area contributed by atoms with Gasteiger partial charge in [-0.05, 0) is 54.4 Å². The molecule has 2 fully saturated rings. The molecule has 40 heavy (non-hydrogen) atoms. The lowest BCUT2D eigenvalue weighted by molar-refractivity contribution is -0.136. The topological polar surface area (TPSA) is 136 Å². The summed E-state index contributed by atoms with van der Waals surface area (Å²) in [6.45, 7) is 1.34. The van der Waals surface area contributed by atoms with E-state index in [1.807, 2.05) is 30.3 Å². The van der Waals surface area contributed by atoms with E-state index in [0.29, 0.717) is 43.6 Å². The van der Waals surface area contributed by atoms with Crippen LogP contribution in [0.5, 0.6) is 11.5 Å². The quantitative estimate of drug-likeness (QED) is 0.464. The third-order valence-electron chi connectivity index (χ3n) is 7.58. The second-order valence-corrected chi connectivity index (χ2v) is 10.1. The van der Waals surface area contributed by atoms with E-state index in [4.69, 9.17) is 9.47 Å². The number of carbonyl (C=O) groups is 4. The average molecular weight is 545 g/mol. The number of imide groups is 1. The first-order chi connectivity index (χ1) is 19.4. The van der Waals surface area contributed by atoms with Crippen molar-refractivity contribution in [1.29, 1.82) is 0 Å². The molecular weight excluding hydrogens is 516 g/mol. The highest BCUT2D eigenvalue weighted by Gasteiger charge is 2.39. The molecule has 1 N–H and O–H groups in total. The van der Waals surface area contributed by atoms with Crippen LogP contribution in [0.15, 0.2) is 48.7 Å². The molecule has 0 bridgehead atoms. The zero-order valence-electron chi connectivity index (χ0n) is 21.9. The Labute approximate surface area is 229 Å². The summed E-state index contributed by atoms with van der Waals surface area (Å²) in [6.07, 6.45) is 3.50. The molecule has 2 saturated heterocycles. The van der Waals surface area contributed by atoms with E-state index >= 15 is 0 Å². The molecule has 6 rings (SSSR count). The number of nitrogens with zero attached hydrogens (tertiary/aromatic N) is 5. The summed E-state index contributed by atoms with van der Waals surface area (Å²) in [5.41, 5.74) is 2.13. The van der Waals surface area contributed by atoms with E-state index in [2.05, 4.69) is 15.6 Å². The third kappa shape index (κ3) is 4.88. The number of nitrogens with one attached hydrogen (secondary N) is 1. The summed E-state index contributed by atoms with van der Waals surface area (Å²) in [7, 11) is 1.62. The van der Waals surface area contributed by atoms with E-state index in [1.165, 1.54) is 9.58 Å². The molecule has 3 aliphatic rings. The summed E-state index contributed by atoms with van der Waals surface area (Å²) < 4.78 is 12.7. The number of hydrogen-bond acceptors (Lipinski definition) is 8. The minimum atomic E-state index is -0.678. The van der Waals surface area contributed by atoms with Crippen molar-refractivity contribution in [2.24, 2.45) is 0 Å². The predicted molar refractivity (Wildman–Crippen MR) is 140 cm³/mol. The van der Waals surface area contributed by atoms with Crippen LogP contribution in [0.1, 0.15) is 52.1 Å². The van der Waals surface area contributed by atoms with Crippen LogP contribution >= 0.6 is 0 Å². The Bertz CT molecular complexity index is 1480. The summed E-state index contributed by atoms with van der Waals surface area (Å²) in [6, 6.07) is 12.0. The van der Waals surface area contributed by atoms with Crippen LogP contribution < -0.4 is 14.8 Å². The molecule has 12 nitrogen and oxygen atoms in total. The van der Waals surface area contributed by atoms with Crippen LogP contribution in [0.25, 0.3) is 5.69 Å². The lowest BCUT2D eigenvalue weighted by atomic mass is 10.0. The van der Waals surface area contributed by atoms with Crippen molar-refractivity contribution < 1.29 is 28.7 Å². The zero-order chi connectivity index (χ0) is 27.8. The maximum absolute atomic E-state index is 13.1. The van der Waals surface area contributed by atoms with Crippen molar-refractivity contribution in [1.82, 2.24) is 30.1 Å². The van der Waals surface area contributed by atoms with Crippen molar-refractivity contribution in [2.75, 3.05) is 20.2 Å². The van der Waals surface area contributed by atoms with E-state index < -0.39 is 11.9 Å². The average Bonchev–Trinajstić information content (AvgIpc) is 3.59. The van der Waals surface area contributed by atoms with Crippen LogP contribution in [-0.2, 0) is 16.1 Å². The molecular formula is C28H28N6O6. The molecule has 1 atom stereocenters. The van der Waals surface area contributed by atoms with Gasteiger partial charge in [0.15, 0.2) is 5.69 Å². The summed E-state index contributed by atoms with van der Waals surface area (Å²) in [5, 5.41) is 10.6. The summed E-state index contributed by atoms with van der Waals surface area (Å²) in [5.74, 6) is 0.316. The molecule has 4 heterocycles. The minimum absolute atomic E-state index is 0.0157. The number of benzene rings is 2. The van der Waals surface area contributed by atoms with Gasteiger partial charge in [-0.25, -0.2) is 4.68 Å². The van der Waals surface area contributed by atoms with Crippen molar-refractivity contribution in [3.8, 4) is 17.2 Å². The Balaban J connectivity index is 1.08. The Morgan fingerprint density at radius 1 is 1.00 bits per heavy atom. The van der Waals surface area contributed by atoms with Gasteiger partial charge < -0.3 is 19.3 Å². The van der Waals surface area contributed by atoms with Crippen molar-refractivity contribution in [2.45, 2.75) is 44.4 Å². The molecule has 0 saturated carbocycles. The predicted octanol–water partition coefficient (Wildman–Crippen LogP) is 1.72. The maximum atomic E-state index is 13.1. The number of amides is 4. The normalized spacial score (nSPS) is 19.4. The van der Waals surface area contributed by atoms with Gasteiger partial charge >= 0.3 is 0 Å². The summed E-state index contributed by atoms with van der Waals surface area (Å²) in [4.78, 5) is 53.1. The number of hydrogen-bond donors (Lipinski definition) is 1. The fourth-order valence-corrected chi connectivity index (χ4v) is 5.38. The SMILES string of the molecule is COc1ccc(OC2CCN(C(=O)c3cn(-c4ccc5c(c4)CN(C4CCC(=O)NC4=O)C5=O)nn3)CC2)cc1. The number of methoxy groups -OCH3 is 1. The van der Waals surface area contributed by atoms with Gasteiger partial charge in [0, 0.05) is 44.5 Å². The van der Waals surface area contributed by atoms with Gasteiger partial charge in [0.05, 0.1) is 19.0 Å². The second-order valence-electron chi connectivity index (χ2n) is 10.1. The molecule has 0 aliphatic carbocycles. The number of rotatable bonds is 6. The van der Waals surface area contributed by atoms with Gasteiger partial charge in [0.25, 0.3) is 11.8 Å². The van der Waals surface area contributed by atoms with Crippen LogP contribution in [0.4, 0.5) is 0 Å². The molecule has 3 aliphatic heterocycles. The van der Waals surface area contributed by atoms with E-state index in [-0.39, 0.29) is 42.5 Å². The molecule has 4 amide bonds. The maximum Gasteiger partial charge on any atom is 0.276 e. The summed E-state index contributed by atoms with van der Waals surface area (Å²) >= 11 is 0. The van der Waals surface area contributed by atoms with Gasteiger partial charge in [-0.2, -0.15) is 0 Å². The Morgan fingerprint density at radius 2 is 1.75 bits per heavy atom. The number of ether oxygens (including phenoxy) is 2. The highest BCUT2D eigenvalue weighted by Crippen LogP contribution is 2.29. The lowest BCUT2D eigenvalue weighted by Gasteiger charge is -2.31. The first-order valence-electron chi connectivity index (χ1n) is 13.2. The Hall–Kier alpha value is -4.74. The van der Waals surface area contributed by atoms with E-state index in [1.54, 1.807) is 30.3 Å². The molecule has 1 aromatic heterocycles. The molecule has 3 aromatic rings. The molecule has 0 radical (unpaired) electrons. The fraction of sp³-hybridized carbons (Fsp3) is 0.357. The highest BCUT2D eigenvalue weighted by atomic mass is 16.5. The number of carbonyl (C=O) groups excluding carboxylic acids is 4. The number of aromatic nitrogens is 3. The van der Waals surface area contributed by atoms with Crippen LogP contribution in [0, 0.1) is 0 Å². The van der Waals surface area contributed by atoms with Gasteiger partial charge in [0.1, 0.15) is 23.6 Å².